The van der Waals surface area contributed by atoms with Crippen LogP contribution in [-0.2, 0) is 6.42 Å². The van der Waals surface area contributed by atoms with Gasteiger partial charge >= 0.3 is 0 Å². The van der Waals surface area contributed by atoms with E-state index in [0.29, 0.717) is 0 Å². The number of allylic oxidation sites excluding steroid dienone is 2. The predicted molar refractivity (Wildman–Crippen MR) is 99.3 cm³/mol. The highest BCUT2D eigenvalue weighted by Gasteiger charge is 1.90. The van der Waals surface area contributed by atoms with Crippen LogP contribution in [0.3, 0.4) is 0 Å². The van der Waals surface area contributed by atoms with Gasteiger partial charge in [-0.05, 0) is 59.5 Å². The fourth-order valence-corrected chi connectivity index (χ4v) is 2.17. The van der Waals surface area contributed by atoms with Crippen molar-refractivity contribution in [3.63, 3.8) is 0 Å². The summed E-state index contributed by atoms with van der Waals surface area (Å²) in [6, 6.07) is 16.5. The minimum Gasteiger partial charge on any atom is -0.497 e. The SMILES string of the molecule is CCCc1ccc(/C=C/C#C/C=C/c2ccc(OC)cc2)cc1. The van der Waals surface area contributed by atoms with Gasteiger partial charge in [0, 0.05) is 0 Å². The van der Waals surface area contributed by atoms with Crippen LogP contribution in [0.25, 0.3) is 12.2 Å². The van der Waals surface area contributed by atoms with Crippen molar-refractivity contribution in [1.29, 1.82) is 0 Å². The van der Waals surface area contributed by atoms with Gasteiger partial charge in [0.2, 0.25) is 0 Å². The van der Waals surface area contributed by atoms with Gasteiger partial charge in [0.1, 0.15) is 5.75 Å². The molecule has 0 bridgehead atoms. The van der Waals surface area contributed by atoms with E-state index in [0.717, 1.165) is 17.7 Å². The Balaban J connectivity index is 1.87. The minimum atomic E-state index is 0.862. The summed E-state index contributed by atoms with van der Waals surface area (Å²) in [6.07, 6.45) is 10.1. The van der Waals surface area contributed by atoms with Crippen LogP contribution < -0.4 is 4.74 Å². The summed E-state index contributed by atoms with van der Waals surface area (Å²) in [5, 5.41) is 0. The largest absolute Gasteiger partial charge is 0.497 e. The van der Waals surface area contributed by atoms with Gasteiger partial charge in [-0.25, -0.2) is 0 Å². The van der Waals surface area contributed by atoms with Crippen molar-refractivity contribution in [1.82, 2.24) is 0 Å². The van der Waals surface area contributed by atoms with Gasteiger partial charge in [-0.3, -0.25) is 0 Å². The van der Waals surface area contributed by atoms with Crippen molar-refractivity contribution in [2.24, 2.45) is 0 Å². The topological polar surface area (TPSA) is 9.23 Å². The average molecular weight is 302 g/mol. The maximum atomic E-state index is 5.13. The van der Waals surface area contributed by atoms with Gasteiger partial charge < -0.3 is 4.74 Å². The van der Waals surface area contributed by atoms with Crippen LogP contribution in [0.15, 0.2) is 60.7 Å². The maximum absolute atomic E-state index is 5.13. The van der Waals surface area contributed by atoms with E-state index in [1.165, 1.54) is 17.5 Å². The lowest BCUT2D eigenvalue weighted by Gasteiger charge is -1.98. The molecule has 116 valence electrons. The molecule has 23 heavy (non-hydrogen) atoms. The molecule has 2 rings (SSSR count). The molecular formula is C22H22O. The molecule has 0 aromatic heterocycles. The number of aryl methyl sites for hydroxylation is 1. The fraction of sp³-hybridized carbons (Fsp3) is 0.182. The number of benzene rings is 2. The van der Waals surface area contributed by atoms with Crippen LogP contribution in [0.2, 0.25) is 0 Å². The van der Waals surface area contributed by atoms with Gasteiger partial charge in [-0.2, -0.15) is 0 Å². The van der Waals surface area contributed by atoms with Crippen LogP contribution in [-0.4, -0.2) is 7.11 Å². The molecule has 0 radical (unpaired) electrons. The molecule has 0 amide bonds. The van der Waals surface area contributed by atoms with E-state index in [-0.39, 0.29) is 0 Å². The van der Waals surface area contributed by atoms with Crippen molar-refractivity contribution < 1.29 is 4.74 Å². The van der Waals surface area contributed by atoms with Crippen LogP contribution in [0.5, 0.6) is 5.75 Å². The summed E-state index contributed by atoms with van der Waals surface area (Å²) in [6.45, 7) is 2.20. The van der Waals surface area contributed by atoms with E-state index >= 15 is 0 Å². The molecule has 2 aromatic carbocycles. The lowest BCUT2D eigenvalue weighted by Crippen LogP contribution is -1.82. The minimum absolute atomic E-state index is 0.862. The van der Waals surface area contributed by atoms with E-state index < -0.39 is 0 Å². The Morgan fingerprint density at radius 1 is 0.826 bits per heavy atom. The van der Waals surface area contributed by atoms with Gasteiger partial charge in [-0.15, -0.1) is 0 Å². The molecule has 0 aliphatic carbocycles. The zero-order valence-electron chi connectivity index (χ0n) is 13.8. The Morgan fingerprint density at radius 3 is 1.83 bits per heavy atom. The molecule has 0 heterocycles. The lowest BCUT2D eigenvalue weighted by atomic mass is 10.1. The van der Waals surface area contributed by atoms with Crippen molar-refractivity contribution in [2.45, 2.75) is 19.8 Å². The van der Waals surface area contributed by atoms with Crippen molar-refractivity contribution in [2.75, 3.05) is 7.11 Å². The molecule has 0 fully saturated rings. The first-order chi connectivity index (χ1) is 11.3. The van der Waals surface area contributed by atoms with E-state index in [1.54, 1.807) is 7.11 Å². The third-order valence-electron chi connectivity index (χ3n) is 3.44. The zero-order valence-corrected chi connectivity index (χ0v) is 13.8. The predicted octanol–water partition coefficient (Wildman–Crippen LogP) is 5.38. The van der Waals surface area contributed by atoms with Crippen LogP contribution in [0.4, 0.5) is 0 Å². The van der Waals surface area contributed by atoms with Gasteiger partial charge in [0.15, 0.2) is 0 Å². The number of hydrogen-bond acceptors (Lipinski definition) is 1. The van der Waals surface area contributed by atoms with Gasteiger partial charge in [0.25, 0.3) is 0 Å². The van der Waals surface area contributed by atoms with Crippen molar-refractivity contribution in [3.8, 4) is 17.6 Å². The van der Waals surface area contributed by atoms with E-state index in [1.807, 2.05) is 48.6 Å². The first kappa shape index (κ1) is 16.6. The Kier molecular flexibility index (Phi) is 6.75. The van der Waals surface area contributed by atoms with Crippen molar-refractivity contribution >= 4 is 12.2 Å². The highest BCUT2D eigenvalue weighted by atomic mass is 16.5. The summed E-state index contributed by atoms with van der Waals surface area (Å²) < 4.78 is 5.13. The second-order valence-electron chi connectivity index (χ2n) is 5.22. The summed E-state index contributed by atoms with van der Waals surface area (Å²) in [7, 11) is 1.67. The van der Waals surface area contributed by atoms with Gasteiger partial charge in [-0.1, -0.05) is 61.6 Å². The maximum Gasteiger partial charge on any atom is 0.118 e. The highest BCUT2D eigenvalue weighted by Crippen LogP contribution is 2.12. The van der Waals surface area contributed by atoms with Crippen LogP contribution in [0, 0.1) is 11.8 Å². The molecule has 0 aliphatic rings. The Morgan fingerprint density at radius 2 is 1.35 bits per heavy atom. The molecule has 0 unspecified atom stereocenters. The van der Waals surface area contributed by atoms with Crippen molar-refractivity contribution in [3.05, 3.63) is 77.4 Å². The monoisotopic (exact) mass is 302 g/mol. The Hall–Kier alpha value is -2.72. The molecule has 1 nitrogen and oxygen atoms in total. The highest BCUT2D eigenvalue weighted by molar-refractivity contribution is 5.56. The molecule has 0 N–H and O–H groups in total. The molecule has 2 aromatic rings. The third kappa shape index (κ3) is 5.88. The second kappa shape index (κ2) is 9.33. The quantitative estimate of drug-likeness (QED) is 0.674. The third-order valence-corrected chi connectivity index (χ3v) is 3.44. The molecule has 0 atom stereocenters. The van der Waals surface area contributed by atoms with E-state index in [9.17, 15) is 0 Å². The molecular weight excluding hydrogens is 280 g/mol. The number of hydrogen-bond donors (Lipinski definition) is 0. The van der Waals surface area contributed by atoms with E-state index in [2.05, 4.69) is 43.0 Å². The average Bonchev–Trinajstić information content (AvgIpc) is 2.60. The molecule has 1 heteroatoms. The first-order valence-electron chi connectivity index (χ1n) is 7.89. The van der Waals surface area contributed by atoms with Gasteiger partial charge in [0.05, 0.1) is 7.11 Å². The molecule has 0 saturated carbocycles. The number of ether oxygens (including phenoxy) is 1. The Bertz CT molecular complexity index is 707. The second-order valence-corrected chi connectivity index (χ2v) is 5.22. The normalized spacial score (nSPS) is 10.7. The zero-order chi connectivity index (χ0) is 16.3. The fourth-order valence-electron chi connectivity index (χ4n) is 2.17. The summed E-state index contributed by atoms with van der Waals surface area (Å²) in [5.74, 6) is 6.90. The van der Waals surface area contributed by atoms with Crippen LogP contribution in [0.1, 0.15) is 30.0 Å². The van der Waals surface area contributed by atoms with E-state index in [4.69, 9.17) is 4.74 Å². The lowest BCUT2D eigenvalue weighted by molar-refractivity contribution is 0.415. The standard InChI is InChI=1S/C22H22O/c1-3-8-19-11-13-20(14-12-19)9-6-4-5-7-10-21-15-17-22(23-2)18-16-21/h6-7,9-18H,3,8H2,1-2H3/b9-6+,10-7+. The molecule has 0 spiro atoms. The molecule has 0 saturated heterocycles. The molecule has 0 aliphatic heterocycles. The number of rotatable bonds is 5. The smallest absolute Gasteiger partial charge is 0.118 e. The first-order valence-corrected chi connectivity index (χ1v) is 7.89. The van der Waals surface area contributed by atoms with Crippen LogP contribution >= 0.6 is 0 Å². The summed E-state index contributed by atoms with van der Waals surface area (Å²) in [4.78, 5) is 0. The summed E-state index contributed by atoms with van der Waals surface area (Å²) in [5.41, 5.74) is 3.67. The Labute approximate surface area is 139 Å². The number of methoxy groups -OCH3 is 1. The summed E-state index contributed by atoms with van der Waals surface area (Å²) >= 11 is 0.